The molecule has 0 aliphatic heterocycles. The van der Waals surface area contributed by atoms with Crippen molar-refractivity contribution in [3.8, 4) is 0 Å². The first-order chi connectivity index (χ1) is 11.1. The van der Waals surface area contributed by atoms with Gasteiger partial charge in [0.05, 0.1) is 0 Å². The number of guanidine groups is 1. The first kappa shape index (κ1) is 19.7. The molecular formula is C17H34N4O2. The fourth-order valence-electron chi connectivity index (χ4n) is 2.00. The smallest absolute Gasteiger partial charge is 0.220 e. The van der Waals surface area contributed by atoms with Gasteiger partial charge in [0.25, 0.3) is 0 Å². The van der Waals surface area contributed by atoms with Gasteiger partial charge < -0.3 is 20.7 Å². The highest BCUT2D eigenvalue weighted by Crippen LogP contribution is 2.18. The van der Waals surface area contributed by atoms with Gasteiger partial charge in [0, 0.05) is 45.3 Å². The second-order valence-corrected chi connectivity index (χ2v) is 6.46. The third-order valence-corrected chi connectivity index (χ3v) is 3.33. The molecule has 3 N–H and O–H groups in total. The maximum absolute atomic E-state index is 11.6. The summed E-state index contributed by atoms with van der Waals surface area (Å²) in [5, 5.41) is 9.51. The lowest BCUT2D eigenvalue weighted by atomic mass is 10.2. The van der Waals surface area contributed by atoms with Crippen molar-refractivity contribution in [2.24, 2.45) is 10.9 Å². The van der Waals surface area contributed by atoms with Crippen LogP contribution in [-0.2, 0) is 9.53 Å². The number of carbonyl (C=O) groups excluding carboxylic acids is 1. The molecule has 6 heteroatoms. The Bertz CT molecular complexity index is 355. The predicted molar refractivity (Wildman–Crippen MR) is 94.7 cm³/mol. The van der Waals surface area contributed by atoms with Crippen molar-refractivity contribution in [3.63, 3.8) is 0 Å². The average Bonchev–Trinajstić information content (AvgIpc) is 3.30. The van der Waals surface area contributed by atoms with Crippen LogP contribution in [0.1, 0.15) is 52.9 Å². The van der Waals surface area contributed by atoms with Gasteiger partial charge in [0.15, 0.2) is 5.96 Å². The van der Waals surface area contributed by atoms with Gasteiger partial charge in [0.2, 0.25) is 5.91 Å². The zero-order valence-electron chi connectivity index (χ0n) is 15.0. The van der Waals surface area contributed by atoms with Crippen molar-refractivity contribution in [1.82, 2.24) is 16.0 Å². The van der Waals surface area contributed by atoms with Crippen LogP contribution in [0.2, 0.25) is 0 Å². The normalized spacial score (nSPS) is 14.9. The highest BCUT2D eigenvalue weighted by molar-refractivity contribution is 5.79. The van der Waals surface area contributed by atoms with Gasteiger partial charge in [-0.1, -0.05) is 13.8 Å². The third-order valence-electron chi connectivity index (χ3n) is 3.33. The molecule has 1 fully saturated rings. The molecule has 0 radical (unpaired) electrons. The zero-order chi connectivity index (χ0) is 16.9. The molecule has 23 heavy (non-hydrogen) atoms. The predicted octanol–water partition coefficient (Wildman–Crippen LogP) is 1.66. The minimum Gasteiger partial charge on any atom is -0.381 e. The fourth-order valence-corrected chi connectivity index (χ4v) is 2.00. The van der Waals surface area contributed by atoms with Gasteiger partial charge in [-0.3, -0.25) is 9.79 Å². The first-order valence-electron chi connectivity index (χ1n) is 9.01. The van der Waals surface area contributed by atoms with Crippen molar-refractivity contribution in [2.45, 2.75) is 58.9 Å². The van der Waals surface area contributed by atoms with E-state index in [0.717, 1.165) is 57.9 Å². The summed E-state index contributed by atoms with van der Waals surface area (Å²) in [6.45, 7) is 10.3. The molecule has 0 saturated heterocycles. The summed E-state index contributed by atoms with van der Waals surface area (Å²) in [6.07, 6.45) is 4.58. The summed E-state index contributed by atoms with van der Waals surface area (Å²) < 4.78 is 5.55. The minimum atomic E-state index is 0.156. The van der Waals surface area contributed by atoms with E-state index >= 15 is 0 Å². The Morgan fingerprint density at radius 3 is 2.70 bits per heavy atom. The fraction of sp³-hybridized carbons (Fsp3) is 0.882. The van der Waals surface area contributed by atoms with E-state index in [1.54, 1.807) is 0 Å². The number of carbonyl (C=O) groups is 1. The van der Waals surface area contributed by atoms with E-state index in [1.165, 1.54) is 0 Å². The largest absolute Gasteiger partial charge is 0.381 e. The molecular weight excluding hydrogens is 292 g/mol. The molecule has 0 bridgehead atoms. The molecule has 1 amide bonds. The van der Waals surface area contributed by atoms with Crippen LogP contribution < -0.4 is 16.0 Å². The van der Waals surface area contributed by atoms with Crippen LogP contribution in [0.15, 0.2) is 4.99 Å². The molecule has 0 aromatic heterocycles. The molecule has 1 aliphatic rings. The van der Waals surface area contributed by atoms with E-state index < -0.39 is 0 Å². The maximum Gasteiger partial charge on any atom is 0.220 e. The molecule has 0 atom stereocenters. The SMILES string of the molecule is CCNC(=NCCCC(=O)NC1CC1)NCCCOCC(C)C. The van der Waals surface area contributed by atoms with Crippen LogP contribution in [0, 0.1) is 5.92 Å². The summed E-state index contributed by atoms with van der Waals surface area (Å²) in [7, 11) is 0. The highest BCUT2D eigenvalue weighted by Gasteiger charge is 2.22. The zero-order valence-corrected chi connectivity index (χ0v) is 15.0. The summed E-state index contributed by atoms with van der Waals surface area (Å²) in [4.78, 5) is 16.1. The summed E-state index contributed by atoms with van der Waals surface area (Å²) >= 11 is 0. The molecule has 0 aromatic rings. The van der Waals surface area contributed by atoms with Crippen LogP contribution in [0.25, 0.3) is 0 Å². The Morgan fingerprint density at radius 1 is 1.26 bits per heavy atom. The third kappa shape index (κ3) is 11.9. The van der Waals surface area contributed by atoms with E-state index in [-0.39, 0.29) is 5.91 Å². The number of aliphatic imine (C=N–C) groups is 1. The van der Waals surface area contributed by atoms with Gasteiger partial charge in [-0.15, -0.1) is 0 Å². The number of rotatable bonds is 12. The van der Waals surface area contributed by atoms with Crippen molar-refractivity contribution in [1.29, 1.82) is 0 Å². The number of nitrogens with zero attached hydrogens (tertiary/aromatic N) is 1. The number of ether oxygens (including phenoxy) is 1. The maximum atomic E-state index is 11.6. The quantitative estimate of drug-likeness (QED) is 0.290. The van der Waals surface area contributed by atoms with Gasteiger partial charge in [0.1, 0.15) is 0 Å². The van der Waals surface area contributed by atoms with Gasteiger partial charge >= 0.3 is 0 Å². The number of hydrogen-bond donors (Lipinski definition) is 3. The molecule has 0 heterocycles. The number of amides is 1. The molecule has 134 valence electrons. The summed E-state index contributed by atoms with van der Waals surface area (Å²) in [5.74, 6) is 1.56. The Labute approximate surface area is 140 Å². The number of hydrogen-bond acceptors (Lipinski definition) is 3. The second-order valence-electron chi connectivity index (χ2n) is 6.46. The molecule has 1 aliphatic carbocycles. The highest BCUT2D eigenvalue weighted by atomic mass is 16.5. The van der Waals surface area contributed by atoms with Crippen molar-refractivity contribution < 1.29 is 9.53 Å². The first-order valence-corrected chi connectivity index (χ1v) is 9.01. The van der Waals surface area contributed by atoms with Crippen LogP contribution in [0.4, 0.5) is 0 Å². The van der Waals surface area contributed by atoms with Gasteiger partial charge in [-0.25, -0.2) is 0 Å². The summed E-state index contributed by atoms with van der Waals surface area (Å²) in [5.41, 5.74) is 0. The molecule has 6 nitrogen and oxygen atoms in total. The van der Waals surface area contributed by atoms with E-state index in [0.29, 0.717) is 24.9 Å². The van der Waals surface area contributed by atoms with E-state index in [1.807, 2.05) is 6.92 Å². The molecule has 1 rings (SSSR count). The lowest BCUT2D eigenvalue weighted by molar-refractivity contribution is -0.121. The second kappa shape index (κ2) is 12.2. The van der Waals surface area contributed by atoms with E-state index in [4.69, 9.17) is 4.74 Å². The molecule has 0 unspecified atom stereocenters. The standard InChI is InChI=1S/C17H34N4O2/c1-4-18-17(20-11-6-12-23-13-14(2)3)19-10-5-7-16(22)21-15-8-9-15/h14-15H,4-13H2,1-3H3,(H,21,22)(H2,18,19,20). The van der Waals surface area contributed by atoms with Crippen LogP contribution in [0.5, 0.6) is 0 Å². The molecule has 0 aromatic carbocycles. The number of nitrogens with one attached hydrogen (secondary N) is 3. The lowest BCUT2D eigenvalue weighted by Gasteiger charge is -2.12. The van der Waals surface area contributed by atoms with Gasteiger partial charge in [-0.05, 0) is 38.5 Å². The average molecular weight is 326 g/mol. The van der Waals surface area contributed by atoms with Gasteiger partial charge in [-0.2, -0.15) is 0 Å². The Morgan fingerprint density at radius 2 is 2.04 bits per heavy atom. The summed E-state index contributed by atoms with van der Waals surface area (Å²) in [6, 6.07) is 0.447. The lowest BCUT2D eigenvalue weighted by Crippen LogP contribution is -2.38. The Kier molecular flexibility index (Phi) is 10.4. The Balaban J connectivity index is 2.07. The Hall–Kier alpha value is -1.30. The minimum absolute atomic E-state index is 0.156. The monoisotopic (exact) mass is 326 g/mol. The van der Waals surface area contributed by atoms with Crippen LogP contribution in [-0.4, -0.2) is 50.8 Å². The van der Waals surface area contributed by atoms with Crippen molar-refractivity contribution in [2.75, 3.05) is 32.8 Å². The molecule has 0 spiro atoms. The van der Waals surface area contributed by atoms with Crippen LogP contribution in [0.3, 0.4) is 0 Å². The van der Waals surface area contributed by atoms with E-state index in [9.17, 15) is 4.79 Å². The topological polar surface area (TPSA) is 74.8 Å². The van der Waals surface area contributed by atoms with Crippen molar-refractivity contribution in [3.05, 3.63) is 0 Å². The molecule has 1 saturated carbocycles. The van der Waals surface area contributed by atoms with Crippen molar-refractivity contribution >= 4 is 11.9 Å². The van der Waals surface area contributed by atoms with E-state index in [2.05, 4.69) is 34.8 Å². The van der Waals surface area contributed by atoms with Crippen LogP contribution >= 0.6 is 0 Å².